The lowest BCUT2D eigenvalue weighted by molar-refractivity contribution is -0.150. The Labute approximate surface area is 91.7 Å². The molecule has 0 aliphatic rings. The molecule has 16 heavy (non-hydrogen) atoms. The number of esters is 1. The fourth-order valence-corrected chi connectivity index (χ4v) is 1.42. The molecule has 1 unspecified atom stereocenters. The summed E-state index contributed by atoms with van der Waals surface area (Å²) in [6, 6.07) is 1.01. The maximum Gasteiger partial charge on any atom is 0.339 e. The second-order valence-corrected chi connectivity index (χ2v) is 3.45. The molecular formula is C11H12F2O3. The normalized spacial score (nSPS) is 12.4. The third-order valence-corrected chi connectivity index (χ3v) is 2.39. The summed E-state index contributed by atoms with van der Waals surface area (Å²) in [5.41, 5.74) is -0.439. The summed E-state index contributed by atoms with van der Waals surface area (Å²) in [4.78, 5) is 11.1. The number of methoxy groups -OCH3 is 1. The van der Waals surface area contributed by atoms with Crippen molar-refractivity contribution in [2.45, 2.75) is 20.0 Å². The van der Waals surface area contributed by atoms with Crippen molar-refractivity contribution >= 4 is 5.97 Å². The van der Waals surface area contributed by atoms with E-state index in [9.17, 15) is 18.7 Å². The van der Waals surface area contributed by atoms with Gasteiger partial charge in [-0.1, -0.05) is 0 Å². The third-order valence-electron chi connectivity index (χ3n) is 2.39. The Bertz CT molecular complexity index is 403. The van der Waals surface area contributed by atoms with E-state index >= 15 is 0 Å². The van der Waals surface area contributed by atoms with E-state index in [1.165, 1.54) is 13.8 Å². The van der Waals surface area contributed by atoms with Crippen molar-refractivity contribution in [1.82, 2.24) is 0 Å². The van der Waals surface area contributed by atoms with Gasteiger partial charge in [0.2, 0.25) is 0 Å². The average Bonchev–Trinajstić information content (AvgIpc) is 2.25. The van der Waals surface area contributed by atoms with Crippen LogP contribution in [0.5, 0.6) is 0 Å². The van der Waals surface area contributed by atoms with E-state index in [4.69, 9.17) is 0 Å². The lowest BCUT2D eigenvalue weighted by atomic mass is 9.99. The Balaban J connectivity index is 3.37. The molecule has 88 valence electrons. The Kier molecular flexibility index (Phi) is 3.59. The molecule has 0 spiro atoms. The van der Waals surface area contributed by atoms with E-state index in [1.807, 2.05) is 0 Å². The summed E-state index contributed by atoms with van der Waals surface area (Å²) in [6.45, 7) is 2.64. The predicted molar refractivity (Wildman–Crippen MR) is 52.8 cm³/mol. The fraction of sp³-hybridized carbons (Fsp3) is 0.364. The molecular weight excluding hydrogens is 218 g/mol. The molecule has 1 atom stereocenters. The Morgan fingerprint density at radius 1 is 1.44 bits per heavy atom. The Hall–Kier alpha value is -1.49. The molecule has 1 N–H and O–H groups in total. The standard InChI is InChI=1S/C11H12F2O3/c1-5-4-7(12)6(2)8(9(5)13)10(14)11(15)16-3/h4,10,14H,1-3H3. The van der Waals surface area contributed by atoms with Crippen LogP contribution in [-0.4, -0.2) is 18.2 Å². The number of halogens is 2. The van der Waals surface area contributed by atoms with Gasteiger partial charge in [0.15, 0.2) is 6.10 Å². The molecule has 0 saturated carbocycles. The second kappa shape index (κ2) is 4.57. The summed E-state index contributed by atoms with van der Waals surface area (Å²) in [5, 5.41) is 9.52. The van der Waals surface area contributed by atoms with Crippen LogP contribution in [0, 0.1) is 25.5 Å². The fourth-order valence-electron chi connectivity index (χ4n) is 1.42. The maximum atomic E-state index is 13.7. The number of rotatable bonds is 2. The van der Waals surface area contributed by atoms with Crippen molar-refractivity contribution in [2.24, 2.45) is 0 Å². The van der Waals surface area contributed by atoms with E-state index in [2.05, 4.69) is 4.74 Å². The number of hydrogen-bond donors (Lipinski definition) is 1. The number of hydrogen-bond acceptors (Lipinski definition) is 3. The molecule has 1 aromatic carbocycles. The van der Waals surface area contributed by atoms with Crippen LogP contribution in [-0.2, 0) is 9.53 Å². The van der Waals surface area contributed by atoms with Crippen LogP contribution in [0.4, 0.5) is 8.78 Å². The SMILES string of the molecule is COC(=O)C(O)c1c(C)c(F)cc(C)c1F. The zero-order valence-corrected chi connectivity index (χ0v) is 9.17. The van der Waals surface area contributed by atoms with Gasteiger partial charge in [-0.2, -0.15) is 0 Å². The minimum atomic E-state index is -1.81. The summed E-state index contributed by atoms with van der Waals surface area (Å²) in [7, 11) is 1.06. The smallest absolute Gasteiger partial charge is 0.339 e. The monoisotopic (exact) mass is 230 g/mol. The van der Waals surface area contributed by atoms with Crippen LogP contribution in [0.1, 0.15) is 22.8 Å². The zero-order chi connectivity index (χ0) is 12.5. The van der Waals surface area contributed by atoms with Crippen LogP contribution in [0.3, 0.4) is 0 Å². The van der Waals surface area contributed by atoms with Gasteiger partial charge in [0.1, 0.15) is 11.6 Å². The quantitative estimate of drug-likeness (QED) is 0.788. The van der Waals surface area contributed by atoms with Crippen LogP contribution < -0.4 is 0 Å². The van der Waals surface area contributed by atoms with Gasteiger partial charge >= 0.3 is 5.97 Å². The molecule has 0 aliphatic heterocycles. The third kappa shape index (κ3) is 2.04. The van der Waals surface area contributed by atoms with Crippen LogP contribution in [0.2, 0.25) is 0 Å². The van der Waals surface area contributed by atoms with Gasteiger partial charge < -0.3 is 9.84 Å². The topological polar surface area (TPSA) is 46.5 Å². The van der Waals surface area contributed by atoms with Crippen LogP contribution in [0.25, 0.3) is 0 Å². The van der Waals surface area contributed by atoms with Gasteiger partial charge in [-0.05, 0) is 31.0 Å². The minimum absolute atomic E-state index is 0.0288. The molecule has 5 heteroatoms. The first-order chi connectivity index (χ1) is 7.40. The summed E-state index contributed by atoms with van der Waals surface area (Å²) in [5.74, 6) is -2.49. The predicted octanol–water partition coefficient (Wildman–Crippen LogP) is 1.79. The van der Waals surface area contributed by atoms with E-state index in [1.54, 1.807) is 0 Å². The van der Waals surface area contributed by atoms with Crippen molar-refractivity contribution in [3.8, 4) is 0 Å². The largest absolute Gasteiger partial charge is 0.467 e. The first-order valence-corrected chi connectivity index (χ1v) is 4.61. The number of benzene rings is 1. The minimum Gasteiger partial charge on any atom is -0.467 e. The molecule has 0 heterocycles. The molecule has 3 nitrogen and oxygen atoms in total. The Morgan fingerprint density at radius 2 is 2.00 bits per heavy atom. The van der Waals surface area contributed by atoms with Crippen molar-refractivity contribution in [3.63, 3.8) is 0 Å². The Morgan fingerprint density at radius 3 is 2.50 bits per heavy atom. The first-order valence-electron chi connectivity index (χ1n) is 4.61. The van der Waals surface area contributed by atoms with E-state index < -0.39 is 23.7 Å². The van der Waals surface area contributed by atoms with Gasteiger partial charge in [0, 0.05) is 5.56 Å². The number of carbonyl (C=O) groups is 1. The number of carbonyl (C=O) groups excluding carboxylic acids is 1. The van der Waals surface area contributed by atoms with Crippen molar-refractivity contribution in [3.05, 3.63) is 34.4 Å². The lowest BCUT2D eigenvalue weighted by Gasteiger charge is -2.14. The molecule has 0 aromatic heterocycles. The van der Waals surface area contributed by atoms with E-state index in [0.717, 1.165) is 13.2 Å². The van der Waals surface area contributed by atoms with Crippen molar-refractivity contribution in [2.75, 3.05) is 7.11 Å². The highest BCUT2D eigenvalue weighted by atomic mass is 19.1. The molecule has 0 saturated heterocycles. The molecule has 0 bridgehead atoms. The van der Waals surface area contributed by atoms with Gasteiger partial charge in [0.25, 0.3) is 0 Å². The van der Waals surface area contributed by atoms with Gasteiger partial charge in [-0.15, -0.1) is 0 Å². The summed E-state index contributed by atoms with van der Waals surface area (Å²) < 4.78 is 31.3. The average molecular weight is 230 g/mol. The highest BCUT2D eigenvalue weighted by Gasteiger charge is 2.26. The van der Waals surface area contributed by atoms with Gasteiger partial charge in [-0.3, -0.25) is 0 Å². The lowest BCUT2D eigenvalue weighted by Crippen LogP contribution is -2.17. The molecule has 0 fully saturated rings. The van der Waals surface area contributed by atoms with E-state index in [0.29, 0.717) is 0 Å². The zero-order valence-electron chi connectivity index (χ0n) is 9.17. The van der Waals surface area contributed by atoms with Crippen LogP contribution in [0.15, 0.2) is 6.07 Å². The highest BCUT2D eigenvalue weighted by molar-refractivity contribution is 5.76. The molecule has 0 radical (unpaired) electrons. The first kappa shape index (κ1) is 12.6. The summed E-state index contributed by atoms with van der Waals surface area (Å²) in [6.07, 6.45) is -1.81. The maximum absolute atomic E-state index is 13.7. The van der Waals surface area contributed by atoms with E-state index in [-0.39, 0.29) is 16.7 Å². The van der Waals surface area contributed by atoms with Crippen molar-refractivity contribution in [1.29, 1.82) is 0 Å². The van der Waals surface area contributed by atoms with Gasteiger partial charge in [0.05, 0.1) is 7.11 Å². The highest BCUT2D eigenvalue weighted by Crippen LogP contribution is 2.26. The molecule has 0 aliphatic carbocycles. The number of aliphatic hydroxyl groups is 1. The van der Waals surface area contributed by atoms with Crippen molar-refractivity contribution < 1.29 is 23.4 Å². The number of aryl methyl sites for hydroxylation is 1. The number of aliphatic hydroxyl groups excluding tert-OH is 1. The van der Waals surface area contributed by atoms with Gasteiger partial charge in [-0.25, -0.2) is 13.6 Å². The molecule has 1 aromatic rings. The summed E-state index contributed by atoms with van der Waals surface area (Å²) >= 11 is 0. The molecule has 0 amide bonds. The van der Waals surface area contributed by atoms with Crippen LogP contribution >= 0.6 is 0 Å². The second-order valence-electron chi connectivity index (χ2n) is 3.45. The number of ether oxygens (including phenoxy) is 1. The molecule has 1 rings (SSSR count).